The summed E-state index contributed by atoms with van der Waals surface area (Å²) < 4.78 is 50.3. The van der Waals surface area contributed by atoms with Gasteiger partial charge >= 0.3 is 6.18 Å². The van der Waals surface area contributed by atoms with Gasteiger partial charge < -0.3 is 9.64 Å². The molecular formula is C28H35F3N6O3S. The third-order valence-electron chi connectivity index (χ3n) is 8.97. The van der Waals surface area contributed by atoms with Crippen LogP contribution in [0.25, 0.3) is 0 Å². The number of halogens is 3. The van der Waals surface area contributed by atoms with Crippen molar-refractivity contribution >= 4 is 35.4 Å². The van der Waals surface area contributed by atoms with E-state index >= 15 is 0 Å². The van der Waals surface area contributed by atoms with Crippen LogP contribution in [0.1, 0.15) is 69.2 Å². The van der Waals surface area contributed by atoms with E-state index in [1.165, 1.54) is 4.90 Å². The molecule has 2 aromatic heterocycles. The highest BCUT2D eigenvalue weighted by atomic mass is 32.2. The van der Waals surface area contributed by atoms with Crippen molar-refractivity contribution in [2.45, 2.75) is 88.2 Å². The SMILES string of the molecule is CC1(C)CC2CCCn3ccc(n3)SNC(=O)c3ccc(N4CCC(OCCC5(C(F)(F)F)CC5)C4=O)nc3N1C2. The highest BCUT2D eigenvalue weighted by molar-refractivity contribution is 7.97. The van der Waals surface area contributed by atoms with Gasteiger partial charge in [0.2, 0.25) is 0 Å². The topological polar surface area (TPSA) is 92.6 Å². The van der Waals surface area contributed by atoms with Crippen molar-refractivity contribution in [1.82, 2.24) is 19.5 Å². The number of hydrogen-bond acceptors (Lipinski definition) is 7. The lowest BCUT2D eigenvalue weighted by molar-refractivity contribution is -0.192. The van der Waals surface area contributed by atoms with Crippen molar-refractivity contribution in [2.75, 3.05) is 29.5 Å². The van der Waals surface area contributed by atoms with E-state index in [1.807, 2.05) is 16.9 Å². The number of aromatic nitrogens is 3. The lowest BCUT2D eigenvalue weighted by Gasteiger charge is -2.34. The molecule has 222 valence electrons. The Kier molecular flexibility index (Phi) is 7.24. The Morgan fingerprint density at radius 2 is 1.95 bits per heavy atom. The van der Waals surface area contributed by atoms with Crippen LogP contribution >= 0.6 is 11.9 Å². The molecule has 2 saturated heterocycles. The van der Waals surface area contributed by atoms with Gasteiger partial charge in [-0.3, -0.25) is 23.9 Å². The lowest BCUT2D eigenvalue weighted by atomic mass is 9.93. The largest absolute Gasteiger partial charge is 0.394 e. The van der Waals surface area contributed by atoms with E-state index < -0.39 is 17.7 Å². The van der Waals surface area contributed by atoms with Crippen LogP contribution in [0, 0.1) is 11.3 Å². The van der Waals surface area contributed by atoms with E-state index in [-0.39, 0.29) is 43.2 Å². The molecular weight excluding hydrogens is 557 g/mol. The van der Waals surface area contributed by atoms with Crippen molar-refractivity contribution in [3.05, 3.63) is 30.0 Å². The summed E-state index contributed by atoms with van der Waals surface area (Å²) in [4.78, 5) is 35.2. The zero-order valence-electron chi connectivity index (χ0n) is 23.2. The van der Waals surface area contributed by atoms with Gasteiger partial charge in [-0.1, -0.05) is 0 Å². The fourth-order valence-electron chi connectivity index (χ4n) is 6.40. The number of carbonyl (C=O) groups excluding carboxylic acids is 2. The lowest BCUT2D eigenvalue weighted by Crippen LogP contribution is -2.40. The smallest absolute Gasteiger partial charge is 0.368 e. The van der Waals surface area contributed by atoms with Crippen molar-refractivity contribution in [2.24, 2.45) is 11.3 Å². The molecule has 13 heteroatoms. The standard InChI is InChI=1S/C28H35F3N6O3S/c1-26(2)16-18-4-3-12-35-13-8-22(33-35)41-34-24(38)19-5-6-21(32-23(19)37(26)17-18)36-14-7-20(25(36)39)40-15-11-27(9-10-27)28(29,30)31/h5-6,8,13,18,20H,3-4,7,9-12,14-17H2,1-2H3,(H,34,38). The number of pyridine rings is 1. The van der Waals surface area contributed by atoms with E-state index in [9.17, 15) is 22.8 Å². The summed E-state index contributed by atoms with van der Waals surface area (Å²) in [5, 5.41) is 5.23. The van der Waals surface area contributed by atoms with Crippen molar-refractivity contribution in [1.29, 1.82) is 0 Å². The van der Waals surface area contributed by atoms with Gasteiger partial charge in [0.1, 0.15) is 22.8 Å². The highest BCUT2D eigenvalue weighted by Gasteiger charge is 2.62. The molecule has 5 heterocycles. The Hall–Kier alpha value is -2.80. The molecule has 3 aliphatic heterocycles. The number of hydrogen-bond donors (Lipinski definition) is 1. The van der Waals surface area contributed by atoms with Crippen LogP contribution in [0.3, 0.4) is 0 Å². The maximum Gasteiger partial charge on any atom is 0.394 e. The van der Waals surface area contributed by atoms with E-state index in [0.717, 1.165) is 44.3 Å². The van der Waals surface area contributed by atoms with Crippen LogP contribution in [0.2, 0.25) is 0 Å². The third-order valence-corrected chi connectivity index (χ3v) is 9.69. The molecule has 1 aliphatic carbocycles. The molecule has 9 nitrogen and oxygen atoms in total. The van der Waals surface area contributed by atoms with Crippen LogP contribution in [0.15, 0.2) is 29.4 Å². The van der Waals surface area contributed by atoms with E-state index in [0.29, 0.717) is 41.1 Å². The van der Waals surface area contributed by atoms with Gasteiger partial charge in [0.15, 0.2) is 0 Å². The Balaban J connectivity index is 1.22. The molecule has 1 saturated carbocycles. The van der Waals surface area contributed by atoms with Crippen LogP contribution in [0.4, 0.5) is 24.8 Å². The van der Waals surface area contributed by atoms with Gasteiger partial charge in [0, 0.05) is 56.3 Å². The minimum Gasteiger partial charge on any atom is -0.368 e. The molecule has 3 fully saturated rings. The number of carbonyl (C=O) groups is 2. The van der Waals surface area contributed by atoms with E-state index in [4.69, 9.17) is 9.72 Å². The van der Waals surface area contributed by atoms with Crippen LogP contribution in [-0.4, -0.2) is 64.1 Å². The zero-order chi connectivity index (χ0) is 29.0. The molecule has 4 aliphatic rings. The van der Waals surface area contributed by atoms with E-state index in [2.05, 4.69) is 28.6 Å². The number of rotatable bonds is 5. The van der Waals surface area contributed by atoms with Crippen molar-refractivity contribution in [3.8, 4) is 0 Å². The third kappa shape index (κ3) is 5.54. The summed E-state index contributed by atoms with van der Waals surface area (Å²) in [6.45, 7) is 6.07. The Morgan fingerprint density at radius 1 is 1.15 bits per heavy atom. The highest BCUT2D eigenvalue weighted by Crippen LogP contribution is 2.60. The molecule has 41 heavy (non-hydrogen) atoms. The number of ether oxygens (including phenoxy) is 1. The fourth-order valence-corrected chi connectivity index (χ4v) is 6.98. The minimum atomic E-state index is -4.24. The molecule has 2 amide bonds. The summed E-state index contributed by atoms with van der Waals surface area (Å²) >= 11 is 1.15. The van der Waals surface area contributed by atoms with Crippen LogP contribution < -0.4 is 14.5 Å². The summed E-state index contributed by atoms with van der Waals surface area (Å²) in [6, 6.07) is 5.23. The molecule has 2 unspecified atom stereocenters. The maximum absolute atomic E-state index is 13.4. The molecule has 2 aromatic rings. The second kappa shape index (κ2) is 10.5. The normalized spacial score (nSPS) is 25.6. The van der Waals surface area contributed by atoms with Crippen LogP contribution in [0.5, 0.6) is 0 Å². The fraction of sp³-hybridized carbons (Fsp3) is 0.643. The van der Waals surface area contributed by atoms with Crippen molar-refractivity contribution < 1.29 is 27.5 Å². The number of fused-ring (bicyclic) bond motifs is 6. The monoisotopic (exact) mass is 592 g/mol. The summed E-state index contributed by atoms with van der Waals surface area (Å²) in [5.41, 5.74) is -1.50. The first kappa shape index (κ1) is 28.3. The summed E-state index contributed by atoms with van der Waals surface area (Å²) in [6.07, 6.45) is 0.302. The summed E-state index contributed by atoms with van der Waals surface area (Å²) in [5.74, 6) is 0.727. The number of nitrogens with one attached hydrogen (secondary N) is 1. The quantitative estimate of drug-likeness (QED) is 0.491. The first-order valence-electron chi connectivity index (χ1n) is 14.2. The second-order valence-electron chi connectivity index (χ2n) is 12.3. The van der Waals surface area contributed by atoms with Gasteiger partial charge in [0.25, 0.3) is 11.8 Å². The predicted octanol–water partition coefficient (Wildman–Crippen LogP) is 4.97. The average molecular weight is 593 g/mol. The van der Waals surface area contributed by atoms with Gasteiger partial charge in [-0.05, 0) is 76.5 Å². The minimum absolute atomic E-state index is 0.110. The molecule has 0 spiro atoms. The Morgan fingerprint density at radius 3 is 2.71 bits per heavy atom. The van der Waals surface area contributed by atoms with Gasteiger partial charge in [-0.15, -0.1) is 0 Å². The van der Waals surface area contributed by atoms with Crippen molar-refractivity contribution in [3.63, 3.8) is 0 Å². The summed E-state index contributed by atoms with van der Waals surface area (Å²) in [7, 11) is 0. The molecule has 6 rings (SSSR count). The number of nitrogens with zero attached hydrogens (tertiary/aromatic N) is 5. The number of anilines is 2. The first-order chi connectivity index (χ1) is 19.5. The Bertz CT molecular complexity index is 1330. The second-order valence-corrected chi connectivity index (χ2v) is 13.1. The molecule has 2 atom stereocenters. The number of amides is 2. The maximum atomic E-state index is 13.4. The molecule has 0 aromatic carbocycles. The van der Waals surface area contributed by atoms with Crippen LogP contribution in [-0.2, 0) is 16.1 Å². The van der Waals surface area contributed by atoms with E-state index in [1.54, 1.807) is 12.1 Å². The molecule has 4 bridgehead atoms. The van der Waals surface area contributed by atoms with Gasteiger partial charge in [-0.2, -0.15) is 18.3 Å². The predicted molar refractivity (Wildman–Crippen MR) is 148 cm³/mol. The van der Waals surface area contributed by atoms with Gasteiger partial charge in [-0.25, -0.2) is 4.98 Å². The number of aryl methyl sites for hydroxylation is 1. The molecule has 1 N–H and O–H groups in total. The first-order valence-corrected chi connectivity index (χ1v) is 15.1. The average Bonchev–Trinajstić information content (AvgIpc) is 3.29. The zero-order valence-corrected chi connectivity index (χ0v) is 24.1. The van der Waals surface area contributed by atoms with Gasteiger partial charge in [0.05, 0.1) is 11.0 Å². The Labute approximate surface area is 241 Å². The number of alkyl halides is 3. The molecule has 0 radical (unpaired) electrons.